The summed E-state index contributed by atoms with van der Waals surface area (Å²) < 4.78 is 33.6. The molecule has 0 aliphatic carbocycles. The van der Waals surface area contributed by atoms with Gasteiger partial charge in [-0.25, -0.2) is 43.5 Å². The zero-order valence-corrected chi connectivity index (χ0v) is 42.9. The number of rotatable bonds is 18. The van der Waals surface area contributed by atoms with Gasteiger partial charge < -0.3 is 25.6 Å². The molecule has 8 heterocycles. The maximum atomic E-state index is 14.0. The van der Waals surface area contributed by atoms with E-state index >= 15 is 0 Å². The Hall–Kier alpha value is -7.29. The van der Waals surface area contributed by atoms with E-state index in [1.165, 1.54) is 53.0 Å². The molecule has 0 radical (unpaired) electrons. The third-order valence-corrected chi connectivity index (χ3v) is 14.0. The number of nitrogens with zero attached hydrogens (tertiary/aromatic N) is 11. The van der Waals surface area contributed by atoms with Gasteiger partial charge in [0.05, 0.1) is 45.9 Å². The number of halogens is 2. The van der Waals surface area contributed by atoms with Crippen LogP contribution in [0, 0.1) is 11.6 Å². The fourth-order valence-corrected chi connectivity index (χ4v) is 10.3. The monoisotopic (exact) mass is 1020 g/mol. The standard InChI is InChI=1S/C29H32FN7O2S.C24H24FN7S/c1-18(14-20-15-19-8-5-6-10-22(19)35-20)37(28(38)39-29(2,3)4)13-11-24-36-25-26(33-17-34-27(25)40-24)32-16-23-21(30)9-7-12-31-23;1-15(11-17-12-16-5-2-3-7-19(16)31-17)26-10-8-21-32-22-23(29-14-30-24(22)33-21)28-13-20-18(25)6-4-9-27-20/h5-10,12,17-18H,11,13-16H2,1-4H3,(H,32,33,34);2-7,9,14-15,26H,8,10-13H2,1H3,(H,28,29,30). The van der Waals surface area contributed by atoms with E-state index in [0.29, 0.717) is 64.3 Å². The Labute approximate surface area is 430 Å². The van der Waals surface area contributed by atoms with Crippen LogP contribution in [0.3, 0.4) is 0 Å². The van der Waals surface area contributed by atoms with Crippen LogP contribution in [0.5, 0.6) is 0 Å². The Balaban J connectivity index is 0.000000183. The van der Waals surface area contributed by atoms with Crippen molar-refractivity contribution in [1.29, 1.82) is 0 Å². The Kier molecular flexibility index (Phi) is 16.0. The average molecular weight is 1020 g/mol. The number of hydrogen-bond acceptors (Lipinski definition) is 17. The normalized spacial score (nSPS) is 13.6. The van der Waals surface area contributed by atoms with Crippen LogP contribution in [0.4, 0.5) is 36.6 Å². The van der Waals surface area contributed by atoms with E-state index in [1.807, 2.05) is 52.0 Å². The number of para-hydroxylation sites is 2. The summed E-state index contributed by atoms with van der Waals surface area (Å²) in [6.07, 6.45) is 10.3. The van der Waals surface area contributed by atoms with Crippen LogP contribution in [0.2, 0.25) is 0 Å². The molecule has 2 atom stereocenters. The second-order valence-corrected chi connectivity index (χ2v) is 20.9. The lowest BCUT2D eigenvalue weighted by Gasteiger charge is -2.31. The molecule has 2 unspecified atom stereocenters. The number of ether oxygens (including phenoxy) is 1. The summed E-state index contributed by atoms with van der Waals surface area (Å²) in [5.41, 5.74) is 8.23. The number of amides is 1. The molecule has 0 saturated heterocycles. The number of anilines is 2. The second-order valence-electron chi connectivity index (χ2n) is 18.8. The largest absolute Gasteiger partial charge is 0.444 e. The Morgan fingerprint density at radius 1 is 0.685 bits per heavy atom. The lowest BCUT2D eigenvalue weighted by molar-refractivity contribution is 0.0184. The van der Waals surface area contributed by atoms with Crippen LogP contribution in [-0.4, -0.2) is 93.1 Å². The lowest BCUT2D eigenvalue weighted by atomic mass is 10.0. The third-order valence-electron chi connectivity index (χ3n) is 12.0. The molecule has 2 aliphatic rings. The molecule has 8 aromatic rings. The van der Waals surface area contributed by atoms with Crippen molar-refractivity contribution in [2.75, 3.05) is 23.7 Å². The van der Waals surface area contributed by atoms with Gasteiger partial charge in [0.25, 0.3) is 0 Å². The fourth-order valence-electron chi connectivity index (χ4n) is 8.46. The molecular formula is C53H56F2N14O2S2. The van der Waals surface area contributed by atoms with Crippen molar-refractivity contribution in [2.45, 2.75) is 104 Å². The van der Waals surface area contributed by atoms with Crippen LogP contribution in [0.1, 0.15) is 80.0 Å². The van der Waals surface area contributed by atoms with Crippen molar-refractivity contribution in [3.63, 3.8) is 0 Å². The van der Waals surface area contributed by atoms with Crippen molar-refractivity contribution in [3.8, 4) is 0 Å². The molecule has 376 valence electrons. The highest BCUT2D eigenvalue weighted by Gasteiger charge is 2.29. The maximum absolute atomic E-state index is 14.0. The number of aromatic nitrogens is 8. The number of carbonyl (C=O) groups is 1. The second kappa shape index (κ2) is 23.1. The number of fused-ring (bicyclic) bond motifs is 4. The minimum atomic E-state index is -0.616. The summed E-state index contributed by atoms with van der Waals surface area (Å²) in [5, 5.41) is 11.7. The van der Waals surface area contributed by atoms with E-state index in [-0.39, 0.29) is 36.9 Å². The molecule has 1 amide bonds. The smallest absolute Gasteiger partial charge is 0.410 e. The lowest BCUT2D eigenvalue weighted by Crippen LogP contribution is -2.44. The van der Waals surface area contributed by atoms with E-state index in [2.05, 4.69) is 77.0 Å². The van der Waals surface area contributed by atoms with Crippen molar-refractivity contribution < 1.29 is 18.3 Å². The first-order valence-electron chi connectivity index (χ1n) is 24.2. The fraction of sp³-hybridized carbons (Fsp3) is 0.340. The van der Waals surface area contributed by atoms with Gasteiger partial charge in [-0.2, -0.15) is 0 Å². The summed E-state index contributed by atoms with van der Waals surface area (Å²) in [7, 11) is 0. The van der Waals surface area contributed by atoms with Crippen molar-refractivity contribution in [2.24, 2.45) is 9.98 Å². The van der Waals surface area contributed by atoms with Gasteiger partial charge in [0.1, 0.15) is 50.6 Å². The highest BCUT2D eigenvalue weighted by Crippen LogP contribution is 2.31. The summed E-state index contributed by atoms with van der Waals surface area (Å²) in [5.74, 6) is 0.367. The Bertz CT molecular complexity index is 3280. The number of nitrogens with one attached hydrogen (secondary N) is 3. The van der Waals surface area contributed by atoms with Gasteiger partial charge in [-0.05, 0) is 82.1 Å². The molecule has 6 aromatic heterocycles. The molecule has 16 nitrogen and oxygen atoms in total. The highest BCUT2D eigenvalue weighted by atomic mass is 32.1. The number of hydrogen-bond donors (Lipinski definition) is 3. The number of pyridine rings is 2. The first-order chi connectivity index (χ1) is 35.3. The van der Waals surface area contributed by atoms with E-state index in [0.717, 1.165) is 64.2 Å². The maximum Gasteiger partial charge on any atom is 0.410 e. The van der Waals surface area contributed by atoms with Crippen LogP contribution in [0.25, 0.3) is 20.7 Å². The molecule has 2 aliphatic heterocycles. The molecule has 73 heavy (non-hydrogen) atoms. The number of aliphatic imine (C=N–C) groups is 2. The zero-order valence-electron chi connectivity index (χ0n) is 41.3. The van der Waals surface area contributed by atoms with Crippen molar-refractivity contribution in [1.82, 2.24) is 50.1 Å². The zero-order chi connectivity index (χ0) is 50.9. The predicted octanol–water partition coefficient (Wildman–Crippen LogP) is 10.6. The minimum Gasteiger partial charge on any atom is -0.444 e. The van der Waals surface area contributed by atoms with Gasteiger partial charge in [0.15, 0.2) is 11.6 Å². The topological polar surface area (TPSA) is 193 Å². The average Bonchev–Trinajstić information content (AvgIpc) is 4.18. The summed E-state index contributed by atoms with van der Waals surface area (Å²) in [6.45, 7) is 11.4. The van der Waals surface area contributed by atoms with E-state index in [4.69, 9.17) is 24.7 Å². The molecule has 10 rings (SSSR count). The minimum absolute atomic E-state index is 0.123. The van der Waals surface area contributed by atoms with Crippen LogP contribution in [-0.2, 0) is 43.5 Å². The molecule has 0 saturated carbocycles. The van der Waals surface area contributed by atoms with Gasteiger partial charge in [-0.15, -0.1) is 0 Å². The van der Waals surface area contributed by atoms with Gasteiger partial charge in [-0.3, -0.25) is 20.0 Å². The van der Waals surface area contributed by atoms with Crippen LogP contribution in [0.15, 0.2) is 108 Å². The summed E-state index contributed by atoms with van der Waals surface area (Å²) >= 11 is 3.00. The quantitative estimate of drug-likeness (QED) is 0.0736. The summed E-state index contributed by atoms with van der Waals surface area (Å²) in [6, 6.07) is 22.5. The highest BCUT2D eigenvalue weighted by molar-refractivity contribution is 7.18. The summed E-state index contributed by atoms with van der Waals surface area (Å²) in [4.78, 5) is 61.0. The molecule has 2 aromatic carbocycles. The Morgan fingerprint density at radius 2 is 1.21 bits per heavy atom. The van der Waals surface area contributed by atoms with E-state index < -0.39 is 5.60 Å². The molecule has 3 N–H and O–H groups in total. The van der Waals surface area contributed by atoms with E-state index in [9.17, 15) is 13.6 Å². The molecule has 0 spiro atoms. The van der Waals surface area contributed by atoms with Crippen molar-refractivity contribution >= 4 is 83.9 Å². The van der Waals surface area contributed by atoms with Crippen molar-refractivity contribution in [3.05, 3.63) is 142 Å². The first kappa shape index (κ1) is 50.6. The van der Waals surface area contributed by atoms with E-state index in [1.54, 1.807) is 40.8 Å². The van der Waals surface area contributed by atoms with Crippen LogP contribution >= 0.6 is 22.7 Å². The molecule has 0 bridgehead atoms. The number of carbonyl (C=O) groups excluding carboxylic acids is 1. The first-order valence-corrected chi connectivity index (χ1v) is 25.8. The Morgan fingerprint density at radius 3 is 1.73 bits per heavy atom. The van der Waals surface area contributed by atoms with Crippen LogP contribution < -0.4 is 16.0 Å². The molecule has 20 heteroatoms. The van der Waals surface area contributed by atoms with Gasteiger partial charge in [-0.1, -0.05) is 59.1 Å². The number of benzene rings is 2. The molecule has 0 fully saturated rings. The number of thiazole rings is 2. The van der Waals surface area contributed by atoms with Gasteiger partial charge >= 0.3 is 6.09 Å². The van der Waals surface area contributed by atoms with Gasteiger partial charge in [0.2, 0.25) is 0 Å². The predicted molar refractivity (Wildman–Crippen MR) is 284 cm³/mol. The third kappa shape index (κ3) is 13.2. The SMILES string of the molecule is CC(CC1=Nc2ccccc2C1)N(CCc1nc2c(NCc3ncccc3F)ncnc2s1)C(=O)OC(C)(C)C.CC(CC1=Nc2ccccc2C1)NCCc1nc2c(NCc3ncccc3F)ncnc2s1. The molecular weight excluding hydrogens is 967 g/mol. The van der Waals surface area contributed by atoms with Gasteiger partial charge in [0, 0.05) is 87.5 Å².